The molecule has 5 heteroatoms. The number of hydrogen-bond acceptors (Lipinski definition) is 3. The first kappa shape index (κ1) is 18.6. The van der Waals surface area contributed by atoms with Gasteiger partial charge in [-0.15, -0.1) is 11.8 Å². The van der Waals surface area contributed by atoms with Crippen LogP contribution in [0.3, 0.4) is 0 Å². The zero-order chi connectivity index (χ0) is 17.5. The summed E-state index contributed by atoms with van der Waals surface area (Å²) >= 11 is 7.40. The van der Waals surface area contributed by atoms with Gasteiger partial charge in [-0.25, -0.2) is 5.43 Å². The van der Waals surface area contributed by atoms with Crippen molar-refractivity contribution in [1.29, 1.82) is 0 Å². The lowest BCUT2D eigenvalue weighted by Gasteiger charge is -2.07. The SMILES string of the molecule is C/C(=N/NC(=O)CSCc1ccc(Cl)cc1)c1cc(C)ccc1C. The lowest BCUT2D eigenvalue weighted by molar-refractivity contribution is -0.118. The third kappa shape index (κ3) is 5.69. The average Bonchev–Trinajstić information content (AvgIpc) is 2.56. The number of rotatable bonds is 6. The highest BCUT2D eigenvalue weighted by Gasteiger charge is 2.05. The number of hydrazone groups is 1. The van der Waals surface area contributed by atoms with Gasteiger partial charge in [-0.1, -0.05) is 41.4 Å². The Bertz CT molecular complexity index is 742. The highest BCUT2D eigenvalue weighted by Crippen LogP contribution is 2.15. The summed E-state index contributed by atoms with van der Waals surface area (Å²) in [6.07, 6.45) is 0. The second-order valence-electron chi connectivity index (χ2n) is 5.67. The second-order valence-corrected chi connectivity index (χ2v) is 7.09. The lowest BCUT2D eigenvalue weighted by Crippen LogP contribution is -2.21. The zero-order valence-corrected chi connectivity index (χ0v) is 15.7. The molecule has 0 unspecified atom stereocenters. The summed E-state index contributed by atoms with van der Waals surface area (Å²) in [4.78, 5) is 11.9. The molecule has 0 radical (unpaired) electrons. The first-order chi connectivity index (χ1) is 11.5. The summed E-state index contributed by atoms with van der Waals surface area (Å²) in [7, 11) is 0. The molecule has 0 aromatic heterocycles. The van der Waals surface area contributed by atoms with Gasteiger partial charge in [-0.3, -0.25) is 4.79 Å². The van der Waals surface area contributed by atoms with Crippen molar-refractivity contribution in [3.05, 3.63) is 69.7 Å². The van der Waals surface area contributed by atoms with E-state index in [0.29, 0.717) is 5.75 Å². The molecule has 0 spiro atoms. The molecular weight excluding hydrogens is 340 g/mol. The minimum absolute atomic E-state index is 0.0985. The molecule has 0 fully saturated rings. The van der Waals surface area contributed by atoms with Crippen molar-refractivity contribution < 1.29 is 4.79 Å². The highest BCUT2D eigenvalue weighted by atomic mass is 35.5. The number of benzene rings is 2. The minimum Gasteiger partial charge on any atom is -0.272 e. The van der Waals surface area contributed by atoms with Gasteiger partial charge in [-0.05, 0) is 50.1 Å². The molecule has 0 aliphatic rings. The maximum atomic E-state index is 11.9. The van der Waals surface area contributed by atoms with Crippen LogP contribution in [-0.4, -0.2) is 17.4 Å². The molecule has 0 aliphatic carbocycles. The van der Waals surface area contributed by atoms with Crippen LogP contribution in [0.4, 0.5) is 0 Å². The molecule has 0 heterocycles. The average molecular weight is 361 g/mol. The molecule has 2 rings (SSSR count). The predicted molar refractivity (Wildman–Crippen MR) is 104 cm³/mol. The summed E-state index contributed by atoms with van der Waals surface area (Å²) in [5.74, 6) is 1.04. The Hall–Kier alpha value is -1.78. The van der Waals surface area contributed by atoms with Crippen molar-refractivity contribution in [3.8, 4) is 0 Å². The van der Waals surface area contributed by atoms with Gasteiger partial charge in [0, 0.05) is 16.3 Å². The Labute approximate surface area is 152 Å². The molecule has 1 N–H and O–H groups in total. The third-order valence-corrected chi connectivity index (χ3v) is 4.80. The van der Waals surface area contributed by atoms with Gasteiger partial charge in [0.15, 0.2) is 0 Å². The van der Waals surface area contributed by atoms with Crippen molar-refractivity contribution in [3.63, 3.8) is 0 Å². The van der Waals surface area contributed by atoms with E-state index in [1.807, 2.05) is 45.0 Å². The monoisotopic (exact) mass is 360 g/mol. The lowest BCUT2D eigenvalue weighted by atomic mass is 10.0. The summed E-state index contributed by atoms with van der Waals surface area (Å²) < 4.78 is 0. The third-order valence-electron chi connectivity index (χ3n) is 3.55. The largest absolute Gasteiger partial charge is 0.272 e. The number of carbonyl (C=O) groups is 1. The topological polar surface area (TPSA) is 41.5 Å². The summed E-state index contributed by atoms with van der Waals surface area (Å²) in [5, 5.41) is 4.94. The van der Waals surface area contributed by atoms with E-state index in [1.54, 1.807) is 11.8 Å². The van der Waals surface area contributed by atoms with Crippen molar-refractivity contribution in [1.82, 2.24) is 5.43 Å². The molecule has 3 nitrogen and oxygen atoms in total. The van der Waals surface area contributed by atoms with Crippen LogP contribution in [0, 0.1) is 13.8 Å². The van der Waals surface area contributed by atoms with Crippen LogP contribution in [0.5, 0.6) is 0 Å². The number of amides is 1. The molecule has 1 amide bonds. The van der Waals surface area contributed by atoms with Crippen LogP contribution in [0.2, 0.25) is 5.02 Å². The molecule has 2 aromatic rings. The fourth-order valence-electron chi connectivity index (χ4n) is 2.21. The Balaban J connectivity index is 1.83. The van der Waals surface area contributed by atoms with E-state index in [9.17, 15) is 4.79 Å². The molecule has 0 aliphatic heterocycles. The highest BCUT2D eigenvalue weighted by molar-refractivity contribution is 7.99. The number of aryl methyl sites for hydroxylation is 2. The molecule has 0 bridgehead atoms. The van der Waals surface area contributed by atoms with Gasteiger partial charge in [0.1, 0.15) is 0 Å². The van der Waals surface area contributed by atoms with E-state index in [4.69, 9.17) is 11.6 Å². The van der Waals surface area contributed by atoms with Crippen LogP contribution in [0.15, 0.2) is 47.6 Å². The number of nitrogens with zero attached hydrogens (tertiary/aromatic N) is 1. The van der Waals surface area contributed by atoms with Crippen LogP contribution in [0.1, 0.15) is 29.2 Å². The molecule has 24 heavy (non-hydrogen) atoms. The Morgan fingerprint density at radius 3 is 2.58 bits per heavy atom. The normalized spacial score (nSPS) is 11.4. The fourth-order valence-corrected chi connectivity index (χ4v) is 3.11. The molecule has 0 saturated heterocycles. The first-order valence-corrected chi connectivity index (χ1v) is 9.22. The maximum Gasteiger partial charge on any atom is 0.250 e. The van der Waals surface area contributed by atoms with Crippen LogP contribution in [0.25, 0.3) is 0 Å². The van der Waals surface area contributed by atoms with Gasteiger partial charge in [-0.2, -0.15) is 5.10 Å². The van der Waals surface area contributed by atoms with E-state index in [0.717, 1.165) is 33.2 Å². The number of thioether (sulfide) groups is 1. The van der Waals surface area contributed by atoms with E-state index in [1.165, 1.54) is 5.56 Å². The summed E-state index contributed by atoms with van der Waals surface area (Å²) in [5.41, 5.74) is 7.97. The quantitative estimate of drug-likeness (QED) is 0.597. The number of nitrogens with one attached hydrogen (secondary N) is 1. The smallest absolute Gasteiger partial charge is 0.250 e. The second kappa shape index (κ2) is 8.90. The fraction of sp³-hybridized carbons (Fsp3) is 0.263. The number of carbonyl (C=O) groups excluding carboxylic acids is 1. The van der Waals surface area contributed by atoms with Gasteiger partial charge < -0.3 is 0 Å². The van der Waals surface area contributed by atoms with Crippen LogP contribution < -0.4 is 5.43 Å². The maximum absolute atomic E-state index is 11.9. The van der Waals surface area contributed by atoms with E-state index < -0.39 is 0 Å². The summed E-state index contributed by atoms with van der Waals surface area (Å²) in [6.45, 7) is 5.99. The minimum atomic E-state index is -0.0985. The molecule has 126 valence electrons. The standard InChI is InChI=1S/C19H21ClN2OS/c1-13-4-5-14(2)18(10-13)15(3)21-22-19(23)12-24-11-16-6-8-17(20)9-7-16/h4-10H,11-12H2,1-3H3,(H,22,23)/b21-15-. The molecular formula is C19H21ClN2OS. The van der Waals surface area contributed by atoms with Gasteiger partial charge in [0.25, 0.3) is 0 Å². The van der Waals surface area contributed by atoms with Gasteiger partial charge in [0.05, 0.1) is 11.5 Å². The van der Waals surface area contributed by atoms with E-state index >= 15 is 0 Å². The first-order valence-electron chi connectivity index (χ1n) is 7.68. The number of hydrogen-bond donors (Lipinski definition) is 1. The van der Waals surface area contributed by atoms with Crippen molar-refractivity contribution >= 4 is 35.0 Å². The van der Waals surface area contributed by atoms with Crippen molar-refractivity contribution in [2.75, 3.05) is 5.75 Å². The van der Waals surface area contributed by atoms with Crippen LogP contribution >= 0.6 is 23.4 Å². The molecule has 0 atom stereocenters. The Kier molecular flexibility index (Phi) is 6.88. The summed E-state index contributed by atoms with van der Waals surface area (Å²) in [6, 6.07) is 13.9. The Morgan fingerprint density at radius 2 is 1.88 bits per heavy atom. The van der Waals surface area contributed by atoms with Crippen LogP contribution in [-0.2, 0) is 10.5 Å². The van der Waals surface area contributed by atoms with Gasteiger partial charge >= 0.3 is 0 Å². The molecule has 2 aromatic carbocycles. The van der Waals surface area contributed by atoms with E-state index in [-0.39, 0.29) is 5.91 Å². The number of halogens is 1. The van der Waals surface area contributed by atoms with E-state index in [2.05, 4.69) is 28.7 Å². The van der Waals surface area contributed by atoms with Gasteiger partial charge in [0.2, 0.25) is 5.91 Å². The molecule has 0 saturated carbocycles. The zero-order valence-electron chi connectivity index (χ0n) is 14.1. The predicted octanol–water partition coefficient (Wildman–Crippen LogP) is 4.73. The van der Waals surface area contributed by atoms with Crippen molar-refractivity contribution in [2.45, 2.75) is 26.5 Å². The Morgan fingerprint density at radius 1 is 1.17 bits per heavy atom. The van der Waals surface area contributed by atoms with Crippen molar-refractivity contribution in [2.24, 2.45) is 5.10 Å².